The standard InChI is InChI=1S/C15H18N2O2/c18-10-11-3-2-8-17(9-11)15(19)13-5-1-4-12-6-7-16-14(12)13/h1,4-7,11,16,18H,2-3,8-10H2. The molecule has 1 aliphatic heterocycles. The molecule has 1 fully saturated rings. The Kier molecular flexibility index (Phi) is 3.25. The molecule has 0 bridgehead atoms. The van der Waals surface area contributed by atoms with Crippen LogP contribution in [0.3, 0.4) is 0 Å². The molecule has 2 N–H and O–H groups in total. The Morgan fingerprint density at radius 2 is 2.32 bits per heavy atom. The number of H-pyrrole nitrogens is 1. The van der Waals surface area contributed by atoms with Crippen LogP contribution in [-0.2, 0) is 0 Å². The van der Waals surface area contributed by atoms with Gasteiger partial charge in [-0.3, -0.25) is 4.79 Å². The van der Waals surface area contributed by atoms with Crippen LogP contribution in [0.1, 0.15) is 23.2 Å². The summed E-state index contributed by atoms with van der Waals surface area (Å²) >= 11 is 0. The minimum Gasteiger partial charge on any atom is -0.396 e. The monoisotopic (exact) mass is 258 g/mol. The van der Waals surface area contributed by atoms with E-state index < -0.39 is 0 Å². The molecule has 0 spiro atoms. The van der Waals surface area contributed by atoms with E-state index in [4.69, 9.17) is 0 Å². The second-order valence-corrected chi connectivity index (χ2v) is 5.19. The number of nitrogens with zero attached hydrogens (tertiary/aromatic N) is 1. The van der Waals surface area contributed by atoms with Crippen LogP contribution in [0.5, 0.6) is 0 Å². The van der Waals surface area contributed by atoms with Crippen LogP contribution in [0.15, 0.2) is 30.5 Å². The van der Waals surface area contributed by atoms with E-state index in [2.05, 4.69) is 4.98 Å². The zero-order valence-electron chi connectivity index (χ0n) is 10.8. The summed E-state index contributed by atoms with van der Waals surface area (Å²) in [7, 11) is 0. The van der Waals surface area contributed by atoms with Gasteiger partial charge in [0.05, 0.1) is 11.1 Å². The third-order valence-corrected chi connectivity index (χ3v) is 3.88. The molecule has 100 valence electrons. The fourth-order valence-electron chi connectivity index (χ4n) is 2.83. The SMILES string of the molecule is O=C(c1cccc2cc[nH]c12)N1CCCC(CO)C1. The minimum atomic E-state index is 0.0613. The van der Waals surface area contributed by atoms with Gasteiger partial charge in [0.25, 0.3) is 5.91 Å². The Labute approximate surface area is 112 Å². The summed E-state index contributed by atoms with van der Waals surface area (Å²) in [5, 5.41) is 10.3. The van der Waals surface area contributed by atoms with Crippen molar-refractivity contribution in [3.63, 3.8) is 0 Å². The number of hydrogen-bond donors (Lipinski definition) is 2. The van der Waals surface area contributed by atoms with E-state index in [9.17, 15) is 9.90 Å². The van der Waals surface area contributed by atoms with E-state index in [1.165, 1.54) is 0 Å². The summed E-state index contributed by atoms with van der Waals surface area (Å²) in [5.41, 5.74) is 1.62. The number of para-hydroxylation sites is 1. The van der Waals surface area contributed by atoms with Crippen molar-refractivity contribution in [2.75, 3.05) is 19.7 Å². The molecule has 1 saturated heterocycles. The molecule has 0 radical (unpaired) electrons. The molecule has 1 aliphatic rings. The molecule has 1 aromatic carbocycles. The van der Waals surface area contributed by atoms with Crippen LogP contribution >= 0.6 is 0 Å². The van der Waals surface area contributed by atoms with E-state index >= 15 is 0 Å². The average Bonchev–Trinajstić information content (AvgIpc) is 2.95. The topological polar surface area (TPSA) is 56.3 Å². The Bertz CT molecular complexity index is 591. The van der Waals surface area contributed by atoms with Gasteiger partial charge in [0.2, 0.25) is 0 Å². The number of aromatic amines is 1. The van der Waals surface area contributed by atoms with Crippen LogP contribution in [0, 0.1) is 5.92 Å². The lowest BCUT2D eigenvalue weighted by molar-refractivity contribution is 0.0622. The van der Waals surface area contributed by atoms with Gasteiger partial charge >= 0.3 is 0 Å². The summed E-state index contributed by atoms with van der Waals surface area (Å²) in [6.45, 7) is 1.61. The quantitative estimate of drug-likeness (QED) is 0.865. The van der Waals surface area contributed by atoms with E-state index in [0.717, 1.165) is 35.9 Å². The van der Waals surface area contributed by atoms with E-state index in [-0.39, 0.29) is 18.4 Å². The van der Waals surface area contributed by atoms with Gasteiger partial charge in [-0.1, -0.05) is 12.1 Å². The van der Waals surface area contributed by atoms with Gasteiger partial charge < -0.3 is 15.0 Å². The highest BCUT2D eigenvalue weighted by Crippen LogP contribution is 2.22. The molecule has 2 aromatic rings. The number of rotatable bonds is 2. The first kappa shape index (κ1) is 12.2. The number of aliphatic hydroxyl groups excluding tert-OH is 1. The van der Waals surface area contributed by atoms with Gasteiger partial charge in [0.15, 0.2) is 0 Å². The molecule has 0 aliphatic carbocycles. The highest BCUT2D eigenvalue weighted by Gasteiger charge is 2.25. The molecule has 4 heteroatoms. The average molecular weight is 258 g/mol. The van der Waals surface area contributed by atoms with Gasteiger partial charge in [0, 0.05) is 31.3 Å². The number of hydrogen-bond acceptors (Lipinski definition) is 2. The largest absolute Gasteiger partial charge is 0.396 e. The maximum atomic E-state index is 12.6. The van der Waals surface area contributed by atoms with Gasteiger partial charge in [0.1, 0.15) is 0 Å². The second kappa shape index (κ2) is 5.05. The number of piperidine rings is 1. The molecule has 0 saturated carbocycles. The fraction of sp³-hybridized carbons (Fsp3) is 0.400. The summed E-state index contributed by atoms with van der Waals surface area (Å²) in [5.74, 6) is 0.284. The zero-order chi connectivity index (χ0) is 13.2. The van der Waals surface area contributed by atoms with Gasteiger partial charge in [-0.15, -0.1) is 0 Å². The smallest absolute Gasteiger partial charge is 0.255 e. The van der Waals surface area contributed by atoms with Gasteiger partial charge in [-0.05, 0) is 30.9 Å². The molecular weight excluding hydrogens is 240 g/mol. The van der Waals surface area contributed by atoms with Crippen LogP contribution in [0.4, 0.5) is 0 Å². The Morgan fingerprint density at radius 3 is 3.16 bits per heavy atom. The van der Waals surface area contributed by atoms with Crippen molar-refractivity contribution in [3.8, 4) is 0 Å². The number of aliphatic hydroxyl groups is 1. The van der Waals surface area contributed by atoms with E-state index in [0.29, 0.717) is 6.54 Å². The van der Waals surface area contributed by atoms with Crippen molar-refractivity contribution >= 4 is 16.8 Å². The first-order valence-electron chi connectivity index (χ1n) is 6.76. The van der Waals surface area contributed by atoms with Crippen LogP contribution < -0.4 is 0 Å². The first-order valence-corrected chi connectivity index (χ1v) is 6.76. The molecule has 3 rings (SSSR count). The van der Waals surface area contributed by atoms with Gasteiger partial charge in [-0.25, -0.2) is 0 Å². The fourth-order valence-corrected chi connectivity index (χ4v) is 2.83. The van der Waals surface area contributed by atoms with Crippen LogP contribution in [0.2, 0.25) is 0 Å². The lowest BCUT2D eigenvalue weighted by Gasteiger charge is -2.32. The molecule has 1 unspecified atom stereocenters. The van der Waals surface area contributed by atoms with Crippen molar-refractivity contribution in [2.24, 2.45) is 5.92 Å². The number of likely N-dealkylation sites (tertiary alicyclic amines) is 1. The highest BCUT2D eigenvalue weighted by molar-refractivity contribution is 6.05. The predicted octanol–water partition coefficient (Wildman–Crippen LogP) is 2.01. The third-order valence-electron chi connectivity index (χ3n) is 3.88. The number of benzene rings is 1. The number of nitrogens with one attached hydrogen (secondary N) is 1. The Balaban J connectivity index is 1.89. The Hall–Kier alpha value is -1.81. The molecule has 2 heterocycles. The van der Waals surface area contributed by atoms with Crippen molar-refractivity contribution in [3.05, 3.63) is 36.0 Å². The normalized spacial score (nSPS) is 19.8. The van der Waals surface area contributed by atoms with E-state index in [1.807, 2.05) is 35.4 Å². The Morgan fingerprint density at radius 1 is 1.42 bits per heavy atom. The molecule has 1 atom stereocenters. The predicted molar refractivity (Wildman–Crippen MR) is 74.0 cm³/mol. The van der Waals surface area contributed by atoms with Crippen molar-refractivity contribution in [1.82, 2.24) is 9.88 Å². The number of carbonyl (C=O) groups is 1. The summed E-state index contributed by atoms with van der Waals surface area (Å²) < 4.78 is 0. The minimum absolute atomic E-state index is 0.0613. The van der Waals surface area contributed by atoms with E-state index in [1.54, 1.807) is 0 Å². The molecule has 1 aromatic heterocycles. The van der Waals surface area contributed by atoms with Gasteiger partial charge in [-0.2, -0.15) is 0 Å². The highest BCUT2D eigenvalue weighted by atomic mass is 16.3. The lowest BCUT2D eigenvalue weighted by Crippen LogP contribution is -2.41. The van der Waals surface area contributed by atoms with Crippen molar-refractivity contribution in [2.45, 2.75) is 12.8 Å². The number of carbonyl (C=O) groups excluding carboxylic acids is 1. The van der Waals surface area contributed by atoms with Crippen LogP contribution in [0.25, 0.3) is 10.9 Å². The lowest BCUT2D eigenvalue weighted by atomic mass is 9.98. The van der Waals surface area contributed by atoms with Crippen molar-refractivity contribution < 1.29 is 9.90 Å². The molecular formula is C15H18N2O2. The van der Waals surface area contributed by atoms with Crippen LogP contribution in [-0.4, -0.2) is 40.6 Å². The maximum absolute atomic E-state index is 12.6. The first-order chi connectivity index (χ1) is 9.29. The molecule has 1 amide bonds. The molecule has 19 heavy (non-hydrogen) atoms. The number of fused-ring (bicyclic) bond motifs is 1. The van der Waals surface area contributed by atoms with Crippen molar-refractivity contribution in [1.29, 1.82) is 0 Å². The summed E-state index contributed by atoms with van der Waals surface area (Å²) in [6.07, 6.45) is 3.83. The number of amides is 1. The second-order valence-electron chi connectivity index (χ2n) is 5.19. The third kappa shape index (κ3) is 2.24. The summed E-state index contributed by atoms with van der Waals surface area (Å²) in [4.78, 5) is 17.6. The maximum Gasteiger partial charge on any atom is 0.255 e. The number of aromatic nitrogens is 1. The summed E-state index contributed by atoms with van der Waals surface area (Å²) in [6, 6.07) is 7.74. The zero-order valence-corrected chi connectivity index (χ0v) is 10.8. The molecule has 4 nitrogen and oxygen atoms in total.